The van der Waals surface area contributed by atoms with Crippen molar-refractivity contribution >= 4 is 28.8 Å². The Morgan fingerprint density at radius 3 is 2.88 bits per heavy atom. The topological polar surface area (TPSA) is 49.9 Å². The van der Waals surface area contributed by atoms with Crippen molar-refractivity contribution in [1.29, 1.82) is 0 Å². The highest BCUT2D eigenvalue weighted by molar-refractivity contribution is 7.08. The summed E-state index contributed by atoms with van der Waals surface area (Å²) in [4.78, 5) is 29.9. The second-order valence-electron chi connectivity index (χ2n) is 7.35. The van der Waals surface area contributed by atoms with Crippen LogP contribution in [0, 0.1) is 17.3 Å². The van der Waals surface area contributed by atoms with Crippen molar-refractivity contribution in [3.63, 3.8) is 0 Å². The lowest BCUT2D eigenvalue weighted by molar-refractivity contribution is -0.138. The van der Waals surface area contributed by atoms with Crippen molar-refractivity contribution in [2.24, 2.45) is 17.3 Å². The molecule has 3 fully saturated rings. The van der Waals surface area contributed by atoms with Gasteiger partial charge in [0.15, 0.2) is 0 Å². The molecule has 0 saturated carbocycles. The van der Waals surface area contributed by atoms with Gasteiger partial charge in [0.1, 0.15) is 0 Å². The number of likely N-dealkylation sites (tertiary alicyclic amines) is 1. The molecule has 130 valence electrons. The second-order valence-corrected chi connectivity index (χ2v) is 8.13. The Hall–Kier alpha value is -1.40. The molecule has 0 unspecified atom stereocenters. The molecule has 3 saturated heterocycles. The minimum absolute atomic E-state index is 0.0746. The average molecular weight is 348 g/mol. The van der Waals surface area contributed by atoms with Crippen LogP contribution in [0.25, 0.3) is 0 Å². The van der Waals surface area contributed by atoms with Gasteiger partial charge in [0.25, 0.3) is 0 Å². The number of hydrogen-bond donors (Lipinski definition) is 0. The van der Waals surface area contributed by atoms with Crippen molar-refractivity contribution in [3.05, 3.63) is 16.8 Å². The molecular weight excluding hydrogens is 324 g/mol. The van der Waals surface area contributed by atoms with Crippen molar-refractivity contribution in [1.82, 2.24) is 4.90 Å². The van der Waals surface area contributed by atoms with E-state index in [2.05, 4.69) is 6.92 Å². The first-order chi connectivity index (χ1) is 11.6. The van der Waals surface area contributed by atoms with Crippen molar-refractivity contribution in [3.8, 4) is 0 Å². The molecule has 4 heterocycles. The van der Waals surface area contributed by atoms with E-state index >= 15 is 0 Å². The van der Waals surface area contributed by atoms with Crippen LogP contribution in [-0.2, 0) is 14.3 Å². The minimum Gasteiger partial charge on any atom is -0.381 e. The van der Waals surface area contributed by atoms with E-state index in [-0.39, 0.29) is 29.1 Å². The number of anilines is 1. The minimum atomic E-state index is -0.386. The van der Waals surface area contributed by atoms with Gasteiger partial charge in [0, 0.05) is 44.1 Å². The summed E-state index contributed by atoms with van der Waals surface area (Å²) in [5.74, 6) is 0.725. The number of hydrogen-bond acceptors (Lipinski definition) is 4. The summed E-state index contributed by atoms with van der Waals surface area (Å²) in [6.07, 6.45) is 2.47. The number of ether oxygens (including phenoxy) is 1. The standard InChI is InChI=1S/C18H24N2O3S/c1-13-10-19(16(21)14-2-7-23-8-3-14)12-18(13)5-6-20(17(18)22)15-4-9-24-11-15/h4,9,11,13-14H,2-3,5-8,10,12H2,1H3/t13-,18-/m1/s1. The zero-order chi connectivity index (χ0) is 16.7. The first-order valence-electron chi connectivity index (χ1n) is 8.82. The van der Waals surface area contributed by atoms with Crippen LogP contribution in [0.3, 0.4) is 0 Å². The average Bonchev–Trinajstić information content (AvgIpc) is 3.31. The third kappa shape index (κ3) is 2.47. The van der Waals surface area contributed by atoms with Crippen molar-refractivity contribution in [2.75, 3.05) is 37.7 Å². The van der Waals surface area contributed by atoms with Crippen LogP contribution in [0.2, 0.25) is 0 Å². The van der Waals surface area contributed by atoms with Crippen molar-refractivity contribution < 1.29 is 14.3 Å². The molecule has 0 aliphatic carbocycles. The number of amides is 2. The molecule has 5 nitrogen and oxygen atoms in total. The molecule has 3 aliphatic rings. The summed E-state index contributed by atoms with van der Waals surface area (Å²) in [7, 11) is 0. The Morgan fingerprint density at radius 1 is 1.38 bits per heavy atom. The molecule has 2 amide bonds. The Balaban J connectivity index is 1.50. The summed E-state index contributed by atoms with van der Waals surface area (Å²) in [6.45, 7) is 5.54. The summed E-state index contributed by atoms with van der Waals surface area (Å²) in [5.41, 5.74) is 0.617. The third-order valence-corrected chi connectivity index (χ3v) is 6.73. The molecule has 1 aromatic rings. The van der Waals surface area contributed by atoms with E-state index in [4.69, 9.17) is 4.74 Å². The maximum Gasteiger partial charge on any atom is 0.235 e. The lowest BCUT2D eigenvalue weighted by Crippen LogP contribution is -2.42. The van der Waals surface area contributed by atoms with Gasteiger partial charge >= 0.3 is 0 Å². The fraction of sp³-hybridized carbons (Fsp3) is 0.667. The molecule has 0 N–H and O–H groups in total. The first-order valence-corrected chi connectivity index (χ1v) is 9.77. The van der Waals surface area contributed by atoms with E-state index in [1.165, 1.54) is 0 Å². The molecule has 24 heavy (non-hydrogen) atoms. The van der Waals surface area contributed by atoms with Gasteiger partial charge in [0.2, 0.25) is 11.8 Å². The van der Waals surface area contributed by atoms with Gasteiger partial charge < -0.3 is 14.5 Å². The number of carbonyl (C=O) groups excluding carboxylic acids is 2. The maximum atomic E-state index is 13.2. The van der Waals surface area contributed by atoms with Crippen molar-refractivity contribution in [2.45, 2.75) is 26.2 Å². The predicted octanol–water partition coefficient (Wildman–Crippen LogP) is 2.38. The molecule has 2 atom stereocenters. The maximum absolute atomic E-state index is 13.2. The van der Waals surface area contributed by atoms with Crippen LogP contribution in [0.1, 0.15) is 26.2 Å². The Morgan fingerprint density at radius 2 is 2.17 bits per heavy atom. The predicted molar refractivity (Wildman–Crippen MR) is 93.0 cm³/mol. The summed E-state index contributed by atoms with van der Waals surface area (Å²) in [6, 6.07) is 2.01. The van der Waals surface area contributed by atoms with E-state index in [0.717, 1.165) is 31.5 Å². The normalized spacial score (nSPS) is 31.4. The van der Waals surface area contributed by atoms with Gasteiger partial charge in [-0.3, -0.25) is 9.59 Å². The highest BCUT2D eigenvalue weighted by atomic mass is 32.1. The zero-order valence-corrected chi connectivity index (χ0v) is 14.9. The fourth-order valence-corrected chi connectivity index (χ4v) is 5.13. The lowest BCUT2D eigenvalue weighted by Gasteiger charge is -2.28. The van der Waals surface area contributed by atoms with E-state index in [0.29, 0.717) is 26.3 Å². The quantitative estimate of drug-likeness (QED) is 0.824. The van der Waals surface area contributed by atoms with Crippen LogP contribution >= 0.6 is 11.3 Å². The van der Waals surface area contributed by atoms with E-state index in [1.54, 1.807) is 11.3 Å². The molecule has 4 rings (SSSR count). The fourth-order valence-electron chi connectivity index (χ4n) is 4.49. The zero-order valence-electron chi connectivity index (χ0n) is 14.1. The molecule has 3 aliphatic heterocycles. The van der Waals surface area contributed by atoms with E-state index < -0.39 is 0 Å². The first kappa shape index (κ1) is 16.1. The highest BCUT2D eigenvalue weighted by Crippen LogP contribution is 2.46. The molecular formula is C18H24N2O3S. The molecule has 1 spiro atoms. The molecule has 0 aromatic carbocycles. The molecule has 1 aromatic heterocycles. The van der Waals surface area contributed by atoms with Crippen LogP contribution in [0.15, 0.2) is 16.8 Å². The number of thiophene rings is 1. The number of nitrogens with zero attached hydrogens (tertiary/aromatic N) is 2. The molecule has 6 heteroatoms. The Labute approximate surface area is 146 Å². The van der Waals surface area contributed by atoms with Gasteiger partial charge in [-0.25, -0.2) is 0 Å². The summed E-state index contributed by atoms with van der Waals surface area (Å²) < 4.78 is 5.37. The van der Waals surface area contributed by atoms with Crippen LogP contribution in [0.5, 0.6) is 0 Å². The Kier molecular flexibility index (Phi) is 4.12. The Bertz CT molecular complexity index is 626. The molecule has 0 radical (unpaired) electrons. The summed E-state index contributed by atoms with van der Waals surface area (Å²) in [5, 5.41) is 4.04. The van der Waals surface area contributed by atoms with Gasteiger partial charge in [-0.1, -0.05) is 6.92 Å². The summed E-state index contributed by atoms with van der Waals surface area (Å²) >= 11 is 1.61. The third-order valence-electron chi connectivity index (χ3n) is 6.06. The van der Waals surface area contributed by atoms with Gasteiger partial charge in [-0.05, 0) is 36.6 Å². The number of carbonyl (C=O) groups is 2. The SMILES string of the molecule is C[C@@H]1CN(C(=O)C2CCOCC2)C[C@]12CCN(c1ccsc1)C2=O. The van der Waals surface area contributed by atoms with Gasteiger partial charge in [-0.15, -0.1) is 0 Å². The lowest BCUT2D eigenvalue weighted by atomic mass is 9.78. The second kappa shape index (κ2) is 6.15. The van der Waals surface area contributed by atoms with Gasteiger partial charge in [-0.2, -0.15) is 11.3 Å². The van der Waals surface area contributed by atoms with E-state index in [9.17, 15) is 9.59 Å². The van der Waals surface area contributed by atoms with Crippen LogP contribution in [-0.4, -0.2) is 49.6 Å². The largest absolute Gasteiger partial charge is 0.381 e. The monoisotopic (exact) mass is 348 g/mol. The van der Waals surface area contributed by atoms with Crippen LogP contribution in [0.4, 0.5) is 5.69 Å². The number of rotatable bonds is 2. The highest BCUT2D eigenvalue weighted by Gasteiger charge is 2.56. The molecule has 0 bridgehead atoms. The smallest absolute Gasteiger partial charge is 0.235 e. The van der Waals surface area contributed by atoms with Crippen LogP contribution < -0.4 is 4.90 Å². The van der Waals surface area contributed by atoms with Gasteiger partial charge in [0.05, 0.1) is 11.1 Å². The van der Waals surface area contributed by atoms with E-state index in [1.807, 2.05) is 26.6 Å².